The third kappa shape index (κ3) is 4.28. The van der Waals surface area contributed by atoms with Crippen molar-refractivity contribution in [2.45, 2.75) is 40.0 Å². The van der Waals surface area contributed by atoms with Crippen molar-refractivity contribution in [2.24, 2.45) is 5.92 Å². The highest BCUT2D eigenvalue weighted by atomic mass is 16.2. The van der Waals surface area contributed by atoms with E-state index >= 15 is 0 Å². The number of carbonyl (C=O) groups is 4. The van der Waals surface area contributed by atoms with Crippen LogP contribution in [0.1, 0.15) is 40.2 Å². The van der Waals surface area contributed by atoms with Gasteiger partial charge in [-0.25, -0.2) is 9.69 Å². The zero-order valence-corrected chi connectivity index (χ0v) is 15.8. The molecule has 0 aromatic heterocycles. The Morgan fingerprint density at radius 3 is 2.04 bits per heavy atom. The number of anilines is 1. The molecule has 7 nitrogen and oxygen atoms in total. The minimum absolute atomic E-state index is 0.00281. The second-order valence-corrected chi connectivity index (χ2v) is 7.86. The lowest BCUT2D eigenvalue weighted by Gasteiger charge is -2.19. The molecule has 1 heterocycles. The van der Waals surface area contributed by atoms with E-state index in [4.69, 9.17) is 0 Å². The number of imide groups is 2. The summed E-state index contributed by atoms with van der Waals surface area (Å²) in [4.78, 5) is 49.9. The normalized spacial score (nSPS) is 15.2. The summed E-state index contributed by atoms with van der Waals surface area (Å²) in [6, 6.07) is 6.61. The lowest BCUT2D eigenvalue weighted by Crippen LogP contribution is -2.39. The van der Waals surface area contributed by atoms with Crippen molar-refractivity contribution in [2.75, 3.05) is 18.4 Å². The van der Waals surface area contributed by atoms with Gasteiger partial charge in [-0.1, -0.05) is 46.8 Å². The number of hydrogen-bond donors (Lipinski definition) is 1. The van der Waals surface area contributed by atoms with Gasteiger partial charge in [0, 0.05) is 12.2 Å². The number of rotatable bonds is 5. The Labute approximate surface area is 153 Å². The van der Waals surface area contributed by atoms with Crippen LogP contribution in [0.15, 0.2) is 24.3 Å². The fourth-order valence-corrected chi connectivity index (χ4v) is 2.61. The maximum Gasteiger partial charge on any atom is 0.334 e. The van der Waals surface area contributed by atoms with Gasteiger partial charge in [-0.15, -0.1) is 0 Å². The Morgan fingerprint density at radius 2 is 1.54 bits per heavy atom. The monoisotopic (exact) mass is 359 g/mol. The number of hydrogen-bond acceptors (Lipinski definition) is 4. The number of carbonyl (C=O) groups excluding carboxylic acids is 4. The fraction of sp³-hybridized carbons (Fsp3) is 0.474. The molecular formula is C19H25N3O4. The molecule has 1 fully saturated rings. The summed E-state index contributed by atoms with van der Waals surface area (Å²) in [6.07, 6.45) is 0. The van der Waals surface area contributed by atoms with Crippen LogP contribution in [-0.2, 0) is 19.8 Å². The van der Waals surface area contributed by atoms with Crippen LogP contribution in [0.2, 0.25) is 0 Å². The smallest absolute Gasteiger partial charge is 0.325 e. The summed E-state index contributed by atoms with van der Waals surface area (Å²) >= 11 is 0. The van der Waals surface area contributed by atoms with E-state index in [1.807, 2.05) is 26.0 Å². The van der Waals surface area contributed by atoms with Crippen molar-refractivity contribution in [3.63, 3.8) is 0 Å². The van der Waals surface area contributed by atoms with Crippen LogP contribution >= 0.6 is 0 Å². The van der Waals surface area contributed by atoms with E-state index in [9.17, 15) is 19.2 Å². The van der Waals surface area contributed by atoms with Gasteiger partial charge in [0.1, 0.15) is 6.54 Å². The predicted octanol–water partition coefficient (Wildman–Crippen LogP) is 2.37. The summed E-state index contributed by atoms with van der Waals surface area (Å²) in [5.74, 6) is -2.35. The van der Waals surface area contributed by atoms with Gasteiger partial charge in [0.05, 0.1) is 0 Å². The average molecular weight is 359 g/mol. The molecule has 0 atom stereocenters. The van der Waals surface area contributed by atoms with Gasteiger partial charge in [0.2, 0.25) is 5.91 Å². The van der Waals surface area contributed by atoms with Crippen LogP contribution in [0.3, 0.4) is 0 Å². The van der Waals surface area contributed by atoms with E-state index in [-0.39, 0.29) is 17.9 Å². The van der Waals surface area contributed by atoms with Crippen molar-refractivity contribution < 1.29 is 19.2 Å². The van der Waals surface area contributed by atoms with Crippen molar-refractivity contribution in [1.29, 1.82) is 0 Å². The second kappa shape index (κ2) is 7.27. The lowest BCUT2D eigenvalue weighted by atomic mass is 9.87. The van der Waals surface area contributed by atoms with E-state index < -0.39 is 30.3 Å². The minimum atomic E-state index is -0.964. The Balaban J connectivity index is 2.02. The van der Waals surface area contributed by atoms with Gasteiger partial charge in [0.25, 0.3) is 0 Å². The van der Waals surface area contributed by atoms with E-state index in [0.29, 0.717) is 10.6 Å². The molecule has 140 valence electrons. The minimum Gasteiger partial charge on any atom is -0.325 e. The van der Waals surface area contributed by atoms with Crippen LogP contribution in [0.25, 0.3) is 0 Å². The number of amides is 5. The highest BCUT2D eigenvalue weighted by Crippen LogP contribution is 2.23. The fourth-order valence-electron chi connectivity index (χ4n) is 2.61. The molecule has 0 unspecified atom stereocenters. The summed E-state index contributed by atoms with van der Waals surface area (Å²) in [7, 11) is 0. The summed E-state index contributed by atoms with van der Waals surface area (Å²) in [6.45, 7) is 9.60. The quantitative estimate of drug-likeness (QED) is 0.646. The zero-order valence-electron chi connectivity index (χ0n) is 15.8. The van der Waals surface area contributed by atoms with Crippen LogP contribution in [0.4, 0.5) is 10.5 Å². The molecule has 0 aliphatic carbocycles. The molecule has 0 radical (unpaired) electrons. The molecule has 1 aromatic rings. The molecular weight excluding hydrogens is 334 g/mol. The topological polar surface area (TPSA) is 86.8 Å². The molecule has 1 saturated heterocycles. The van der Waals surface area contributed by atoms with Crippen LogP contribution < -0.4 is 5.32 Å². The van der Waals surface area contributed by atoms with E-state index in [1.54, 1.807) is 12.1 Å². The van der Waals surface area contributed by atoms with Gasteiger partial charge >= 0.3 is 17.8 Å². The molecule has 0 bridgehead atoms. The first kappa shape index (κ1) is 19.6. The van der Waals surface area contributed by atoms with Gasteiger partial charge in [-0.05, 0) is 29.0 Å². The largest absolute Gasteiger partial charge is 0.334 e. The van der Waals surface area contributed by atoms with Crippen molar-refractivity contribution in [3.05, 3.63) is 29.8 Å². The molecule has 0 saturated carbocycles. The number of nitrogens with one attached hydrogen (secondary N) is 1. The predicted molar refractivity (Wildman–Crippen MR) is 97.4 cm³/mol. The first-order valence-corrected chi connectivity index (χ1v) is 8.58. The highest BCUT2D eigenvalue weighted by Gasteiger charge is 2.45. The van der Waals surface area contributed by atoms with E-state index in [1.165, 1.54) is 0 Å². The Kier molecular flexibility index (Phi) is 5.49. The molecule has 26 heavy (non-hydrogen) atoms. The molecule has 1 aliphatic heterocycles. The molecule has 0 spiro atoms. The standard InChI is InChI=1S/C19H25N3O4/c1-12(2)10-21-16(24)17(25)22(18(21)26)11-15(23)20-14-8-6-13(7-9-14)19(3,4)5/h6-9,12H,10-11H2,1-5H3,(H,20,23). The lowest BCUT2D eigenvalue weighted by molar-refractivity contribution is -0.143. The van der Waals surface area contributed by atoms with Crippen LogP contribution in [0.5, 0.6) is 0 Å². The van der Waals surface area contributed by atoms with Crippen LogP contribution in [-0.4, -0.2) is 46.6 Å². The number of benzene rings is 1. The average Bonchev–Trinajstić information content (AvgIpc) is 2.72. The molecule has 1 N–H and O–H groups in total. The Morgan fingerprint density at radius 1 is 1.00 bits per heavy atom. The molecule has 1 aliphatic rings. The Hall–Kier alpha value is -2.70. The van der Waals surface area contributed by atoms with Gasteiger partial charge in [-0.3, -0.25) is 19.3 Å². The highest BCUT2D eigenvalue weighted by molar-refractivity contribution is 6.45. The molecule has 2 rings (SSSR count). The summed E-state index contributed by atoms with van der Waals surface area (Å²) in [5.41, 5.74) is 1.68. The van der Waals surface area contributed by atoms with E-state index in [2.05, 4.69) is 26.1 Å². The third-order valence-corrected chi connectivity index (χ3v) is 4.02. The van der Waals surface area contributed by atoms with Gasteiger partial charge in [-0.2, -0.15) is 0 Å². The van der Waals surface area contributed by atoms with Crippen LogP contribution in [0, 0.1) is 5.92 Å². The maximum absolute atomic E-state index is 12.2. The van der Waals surface area contributed by atoms with Crippen molar-refractivity contribution in [1.82, 2.24) is 9.80 Å². The Bertz CT molecular complexity index is 732. The molecule has 5 amide bonds. The molecule has 1 aromatic carbocycles. The molecule has 7 heteroatoms. The van der Waals surface area contributed by atoms with Gasteiger partial charge < -0.3 is 5.32 Å². The van der Waals surface area contributed by atoms with Crippen molar-refractivity contribution in [3.8, 4) is 0 Å². The first-order valence-electron chi connectivity index (χ1n) is 8.58. The SMILES string of the molecule is CC(C)CN1C(=O)C(=O)N(CC(=O)Nc2ccc(C(C)(C)C)cc2)C1=O. The third-order valence-electron chi connectivity index (χ3n) is 4.02. The maximum atomic E-state index is 12.2. The second-order valence-electron chi connectivity index (χ2n) is 7.86. The summed E-state index contributed by atoms with van der Waals surface area (Å²) in [5, 5.41) is 2.64. The first-order chi connectivity index (χ1) is 12.0. The number of nitrogens with zero attached hydrogens (tertiary/aromatic N) is 2. The zero-order chi connectivity index (χ0) is 19.6. The number of urea groups is 1. The van der Waals surface area contributed by atoms with E-state index in [0.717, 1.165) is 10.5 Å². The summed E-state index contributed by atoms with van der Waals surface area (Å²) < 4.78 is 0. The van der Waals surface area contributed by atoms with Crippen molar-refractivity contribution >= 4 is 29.4 Å². The van der Waals surface area contributed by atoms with Gasteiger partial charge in [0.15, 0.2) is 0 Å².